The number of hydrogen-bond acceptors (Lipinski definition) is 4. The summed E-state index contributed by atoms with van der Waals surface area (Å²) in [5.74, 6) is -0.759. The van der Waals surface area contributed by atoms with Crippen LogP contribution in [0.5, 0.6) is 0 Å². The first kappa shape index (κ1) is 15.3. The number of benzene rings is 1. The molecule has 0 saturated carbocycles. The van der Waals surface area contributed by atoms with Crippen LogP contribution in [0.1, 0.15) is 30.1 Å². The number of esters is 1. The molecule has 1 aromatic rings. The Morgan fingerprint density at radius 2 is 2.16 bits per heavy atom. The minimum atomic E-state index is -0.557. The van der Waals surface area contributed by atoms with E-state index < -0.39 is 5.91 Å². The van der Waals surface area contributed by atoms with Crippen LogP contribution in [0, 0.1) is 0 Å². The minimum Gasteiger partial charge on any atom is -0.466 e. The highest BCUT2D eigenvalue weighted by Gasteiger charge is 2.07. The second kappa shape index (κ2) is 7.63. The summed E-state index contributed by atoms with van der Waals surface area (Å²) in [5, 5.41) is 3.41. The minimum absolute atomic E-state index is 0.202. The lowest BCUT2D eigenvalue weighted by Crippen LogP contribution is -2.12. The monoisotopic (exact) mass is 284 g/mol. The molecule has 0 aliphatic carbocycles. The Morgan fingerprint density at radius 3 is 2.74 bits per heavy atom. The van der Waals surface area contributed by atoms with Crippen molar-refractivity contribution >= 4 is 29.2 Å². The summed E-state index contributed by atoms with van der Waals surface area (Å²) in [6.45, 7) is 2.79. The lowest BCUT2D eigenvalue weighted by atomic mass is 10.2. The fourth-order valence-corrected chi connectivity index (χ4v) is 1.80. The van der Waals surface area contributed by atoms with Crippen molar-refractivity contribution in [2.24, 2.45) is 5.73 Å². The number of carbonyl (C=O) groups excluding carboxylic acids is 2. The van der Waals surface area contributed by atoms with Gasteiger partial charge < -0.3 is 15.8 Å². The standard InChI is InChI=1S/C13H17ClN2O3/c1-2-19-12(17)4-3-7-16-9-5-6-10(13(15)18)11(14)8-9/h5-6,8,16H,2-4,7H2,1H3,(H2,15,18). The summed E-state index contributed by atoms with van der Waals surface area (Å²) in [6, 6.07) is 4.92. The van der Waals surface area contributed by atoms with Gasteiger partial charge in [0.2, 0.25) is 5.91 Å². The quantitative estimate of drug-likeness (QED) is 0.594. The number of ether oxygens (including phenoxy) is 1. The summed E-state index contributed by atoms with van der Waals surface area (Å²) >= 11 is 5.91. The summed E-state index contributed by atoms with van der Waals surface area (Å²) in [6.07, 6.45) is 1.03. The molecule has 1 amide bonds. The largest absolute Gasteiger partial charge is 0.466 e. The van der Waals surface area contributed by atoms with E-state index in [-0.39, 0.29) is 5.97 Å². The average molecular weight is 285 g/mol. The van der Waals surface area contributed by atoms with E-state index in [1.165, 1.54) is 0 Å². The molecule has 0 aliphatic heterocycles. The third kappa shape index (κ3) is 5.18. The lowest BCUT2D eigenvalue weighted by molar-refractivity contribution is -0.143. The van der Waals surface area contributed by atoms with Gasteiger partial charge in [-0.15, -0.1) is 0 Å². The third-order valence-corrected chi connectivity index (χ3v) is 2.74. The van der Waals surface area contributed by atoms with Crippen molar-refractivity contribution in [1.82, 2.24) is 0 Å². The van der Waals surface area contributed by atoms with Crippen LogP contribution in [0.2, 0.25) is 5.02 Å². The maximum Gasteiger partial charge on any atom is 0.305 e. The molecular weight excluding hydrogens is 268 g/mol. The van der Waals surface area contributed by atoms with E-state index in [0.29, 0.717) is 36.6 Å². The summed E-state index contributed by atoms with van der Waals surface area (Å²) in [4.78, 5) is 22.1. The first-order valence-corrected chi connectivity index (χ1v) is 6.41. The third-order valence-electron chi connectivity index (χ3n) is 2.43. The van der Waals surface area contributed by atoms with E-state index in [1.807, 2.05) is 0 Å². The van der Waals surface area contributed by atoms with Crippen LogP contribution in [0.25, 0.3) is 0 Å². The molecule has 0 bridgehead atoms. The SMILES string of the molecule is CCOC(=O)CCCNc1ccc(C(N)=O)c(Cl)c1. The molecule has 1 aromatic carbocycles. The number of anilines is 1. The molecule has 6 heteroatoms. The van der Waals surface area contributed by atoms with Crippen LogP contribution in [-0.2, 0) is 9.53 Å². The molecule has 0 unspecified atom stereocenters. The maximum absolute atomic E-state index is 11.1. The normalized spacial score (nSPS) is 10.0. The van der Waals surface area contributed by atoms with Gasteiger partial charge in [0.25, 0.3) is 0 Å². The Kier molecular flexibility index (Phi) is 6.15. The second-order valence-electron chi connectivity index (χ2n) is 3.89. The molecular formula is C13H17ClN2O3. The van der Waals surface area contributed by atoms with Gasteiger partial charge in [0.15, 0.2) is 0 Å². The molecule has 0 aliphatic rings. The van der Waals surface area contributed by atoms with Crippen molar-refractivity contribution in [3.8, 4) is 0 Å². The smallest absolute Gasteiger partial charge is 0.305 e. The predicted octanol–water partition coefficient (Wildman–Crippen LogP) is 2.19. The Hall–Kier alpha value is -1.75. The number of nitrogens with two attached hydrogens (primary N) is 1. The molecule has 0 radical (unpaired) electrons. The Balaban J connectivity index is 2.40. The summed E-state index contributed by atoms with van der Waals surface area (Å²) < 4.78 is 4.82. The number of rotatable bonds is 7. The Morgan fingerprint density at radius 1 is 1.42 bits per heavy atom. The molecule has 0 atom stereocenters. The van der Waals surface area contributed by atoms with Gasteiger partial charge in [-0.1, -0.05) is 11.6 Å². The molecule has 5 nitrogen and oxygen atoms in total. The molecule has 19 heavy (non-hydrogen) atoms. The Bertz CT molecular complexity index is 463. The molecule has 0 saturated heterocycles. The molecule has 0 aromatic heterocycles. The topological polar surface area (TPSA) is 81.4 Å². The maximum atomic E-state index is 11.1. The van der Waals surface area contributed by atoms with Crippen molar-refractivity contribution < 1.29 is 14.3 Å². The van der Waals surface area contributed by atoms with Crippen molar-refractivity contribution in [1.29, 1.82) is 0 Å². The first-order chi connectivity index (χ1) is 9.04. The molecule has 0 heterocycles. The van der Waals surface area contributed by atoms with Crippen LogP contribution in [0.15, 0.2) is 18.2 Å². The Labute approximate surface area is 117 Å². The van der Waals surface area contributed by atoms with Gasteiger partial charge in [0.1, 0.15) is 0 Å². The number of carbonyl (C=O) groups is 2. The van der Waals surface area contributed by atoms with E-state index in [9.17, 15) is 9.59 Å². The second-order valence-corrected chi connectivity index (χ2v) is 4.30. The van der Waals surface area contributed by atoms with Crippen LogP contribution >= 0.6 is 11.6 Å². The van der Waals surface area contributed by atoms with Crippen molar-refractivity contribution in [3.05, 3.63) is 28.8 Å². The first-order valence-electron chi connectivity index (χ1n) is 6.03. The molecule has 1 rings (SSSR count). The van der Waals surface area contributed by atoms with E-state index in [4.69, 9.17) is 22.1 Å². The fourth-order valence-electron chi connectivity index (χ4n) is 1.52. The van der Waals surface area contributed by atoms with Gasteiger partial charge >= 0.3 is 5.97 Å². The lowest BCUT2D eigenvalue weighted by Gasteiger charge is -2.08. The van der Waals surface area contributed by atoms with Gasteiger partial charge in [-0.3, -0.25) is 9.59 Å². The highest BCUT2D eigenvalue weighted by molar-refractivity contribution is 6.34. The molecule has 0 fully saturated rings. The van der Waals surface area contributed by atoms with E-state index in [2.05, 4.69) is 5.32 Å². The fraction of sp³-hybridized carbons (Fsp3) is 0.385. The highest BCUT2D eigenvalue weighted by atomic mass is 35.5. The number of hydrogen-bond donors (Lipinski definition) is 2. The molecule has 3 N–H and O–H groups in total. The van der Waals surface area contributed by atoms with Crippen molar-refractivity contribution in [2.45, 2.75) is 19.8 Å². The number of amides is 1. The average Bonchev–Trinajstić information content (AvgIpc) is 2.34. The van der Waals surface area contributed by atoms with Crippen molar-refractivity contribution in [3.63, 3.8) is 0 Å². The molecule has 0 spiro atoms. The number of primary amides is 1. The van der Waals surface area contributed by atoms with Gasteiger partial charge in [-0.25, -0.2) is 0 Å². The van der Waals surface area contributed by atoms with Gasteiger partial charge in [-0.05, 0) is 31.5 Å². The number of halogens is 1. The van der Waals surface area contributed by atoms with E-state index >= 15 is 0 Å². The van der Waals surface area contributed by atoms with Crippen LogP contribution in [0.3, 0.4) is 0 Å². The zero-order valence-electron chi connectivity index (χ0n) is 10.7. The van der Waals surface area contributed by atoms with Crippen molar-refractivity contribution in [2.75, 3.05) is 18.5 Å². The van der Waals surface area contributed by atoms with E-state index in [0.717, 1.165) is 5.69 Å². The van der Waals surface area contributed by atoms with Gasteiger partial charge in [0.05, 0.1) is 17.2 Å². The van der Waals surface area contributed by atoms with E-state index in [1.54, 1.807) is 25.1 Å². The van der Waals surface area contributed by atoms with Crippen LogP contribution in [0.4, 0.5) is 5.69 Å². The molecule has 104 valence electrons. The van der Waals surface area contributed by atoms with Crippen LogP contribution < -0.4 is 11.1 Å². The zero-order valence-corrected chi connectivity index (χ0v) is 11.5. The zero-order chi connectivity index (χ0) is 14.3. The predicted molar refractivity (Wildman–Crippen MR) is 74.3 cm³/mol. The summed E-state index contributed by atoms with van der Waals surface area (Å²) in [7, 11) is 0. The summed E-state index contributed by atoms with van der Waals surface area (Å²) in [5.41, 5.74) is 6.22. The van der Waals surface area contributed by atoms with Crippen LogP contribution in [-0.4, -0.2) is 25.0 Å². The highest BCUT2D eigenvalue weighted by Crippen LogP contribution is 2.20. The van der Waals surface area contributed by atoms with Gasteiger partial charge in [0, 0.05) is 18.7 Å². The van der Waals surface area contributed by atoms with Gasteiger partial charge in [-0.2, -0.15) is 0 Å². The number of nitrogens with one attached hydrogen (secondary N) is 1.